The monoisotopic (exact) mass is 510 g/mol. The summed E-state index contributed by atoms with van der Waals surface area (Å²) in [6.07, 6.45) is -13.6. The van der Waals surface area contributed by atoms with Crippen LogP contribution >= 0.6 is 0 Å². The van der Waals surface area contributed by atoms with Crippen molar-refractivity contribution >= 4 is 16.7 Å². The van der Waals surface area contributed by atoms with Crippen molar-refractivity contribution in [1.29, 1.82) is 0 Å². The summed E-state index contributed by atoms with van der Waals surface area (Å²) in [6, 6.07) is 6.42. The second-order valence-corrected chi connectivity index (χ2v) is 8.91. The Balaban J connectivity index is 1.35. The topological polar surface area (TPSA) is 205 Å². The first-order valence-electron chi connectivity index (χ1n) is 11.3. The molecule has 3 aliphatic heterocycles. The molecule has 13 nitrogen and oxygen atoms in total. The molecule has 7 N–H and O–H groups in total. The van der Waals surface area contributed by atoms with Crippen molar-refractivity contribution in [3.05, 3.63) is 35.4 Å². The first-order valence-corrected chi connectivity index (χ1v) is 11.3. The smallest absolute Gasteiger partial charge is 0.342 e. The lowest BCUT2D eigenvalue weighted by atomic mass is 9.98. The molecule has 2 saturated heterocycles. The summed E-state index contributed by atoms with van der Waals surface area (Å²) in [5.74, 6) is -1.02. The zero-order valence-corrected chi connectivity index (χ0v) is 18.7. The van der Waals surface area contributed by atoms with Gasteiger partial charge in [-0.2, -0.15) is 0 Å². The van der Waals surface area contributed by atoms with E-state index < -0.39 is 67.9 Å². The van der Waals surface area contributed by atoms with Gasteiger partial charge in [-0.3, -0.25) is 0 Å². The highest BCUT2D eigenvalue weighted by Gasteiger charge is 2.46. The van der Waals surface area contributed by atoms with E-state index in [1.165, 1.54) is 6.07 Å². The highest BCUT2D eigenvalue weighted by molar-refractivity contribution is 6.06. The van der Waals surface area contributed by atoms with Crippen molar-refractivity contribution in [3.8, 4) is 11.5 Å². The van der Waals surface area contributed by atoms with Gasteiger partial charge in [0.05, 0.1) is 18.6 Å². The van der Waals surface area contributed by atoms with Crippen LogP contribution in [0.1, 0.15) is 15.9 Å². The average Bonchev–Trinajstić information content (AvgIpc) is 3.23. The molecule has 0 unspecified atom stereocenters. The number of ether oxygens (including phenoxy) is 5. The summed E-state index contributed by atoms with van der Waals surface area (Å²) < 4.78 is 26.9. The molecule has 0 saturated carbocycles. The van der Waals surface area contributed by atoms with Gasteiger partial charge in [-0.1, -0.05) is 12.1 Å². The molecule has 0 aliphatic carbocycles. The Labute approximate surface area is 203 Å². The van der Waals surface area contributed by atoms with Crippen molar-refractivity contribution < 1.29 is 64.2 Å². The maximum absolute atomic E-state index is 12.0. The van der Waals surface area contributed by atoms with Gasteiger partial charge >= 0.3 is 5.97 Å². The van der Waals surface area contributed by atoms with Crippen molar-refractivity contribution in [1.82, 2.24) is 0 Å². The zero-order chi connectivity index (χ0) is 25.7. The van der Waals surface area contributed by atoms with Gasteiger partial charge in [-0.25, -0.2) is 4.79 Å². The molecule has 0 bridgehead atoms. The number of carbonyl (C=O) groups excluding carboxylic acids is 1. The lowest BCUT2D eigenvalue weighted by Crippen LogP contribution is -2.61. The van der Waals surface area contributed by atoms with Crippen LogP contribution < -0.4 is 4.74 Å². The minimum Gasteiger partial charge on any atom is -0.506 e. The van der Waals surface area contributed by atoms with Crippen LogP contribution in [-0.2, 0) is 25.6 Å². The van der Waals surface area contributed by atoms with E-state index in [1.54, 1.807) is 18.2 Å². The molecular weight excluding hydrogens is 484 g/mol. The average molecular weight is 510 g/mol. The van der Waals surface area contributed by atoms with Gasteiger partial charge in [0.15, 0.2) is 6.29 Å². The van der Waals surface area contributed by atoms with Gasteiger partial charge in [-0.15, -0.1) is 0 Å². The second kappa shape index (κ2) is 9.70. The summed E-state index contributed by atoms with van der Waals surface area (Å²) in [4.78, 5) is 12.0. The third-order valence-corrected chi connectivity index (χ3v) is 6.54. The van der Waals surface area contributed by atoms with Crippen LogP contribution in [-0.4, -0.2) is 110 Å². The molecule has 5 rings (SSSR count). The van der Waals surface area contributed by atoms with Gasteiger partial charge in [0.25, 0.3) is 0 Å². The Kier molecular flexibility index (Phi) is 6.76. The number of aliphatic hydroxyl groups excluding tert-OH is 6. The van der Waals surface area contributed by atoms with E-state index >= 15 is 0 Å². The van der Waals surface area contributed by atoms with Crippen LogP contribution in [0, 0.1) is 0 Å². The van der Waals surface area contributed by atoms with E-state index in [9.17, 15) is 40.5 Å². The number of cyclic esters (lactones) is 1. The molecule has 0 amide bonds. The van der Waals surface area contributed by atoms with E-state index in [0.717, 1.165) is 0 Å². The fourth-order valence-corrected chi connectivity index (χ4v) is 4.51. The molecule has 2 aromatic carbocycles. The number of rotatable bonds is 5. The predicted octanol–water partition coefficient (Wildman–Crippen LogP) is -2.14. The quantitative estimate of drug-likeness (QED) is 0.215. The van der Waals surface area contributed by atoms with Crippen LogP contribution in [0.4, 0.5) is 0 Å². The summed E-state index contributed by atoms with van der Waals surface area (Å²) >= 11 is 0. The van der Waals surface area contributed by atoms with Gasteiger partial charge < -0.3 is 59.4 Å². The predicted molar refractivity (Wildman–Crippen MR) is 116 cm³/mol. The molecule has 2 aromatic rings. The number of phenols is 1. The molecule has 0 aromatic heterocycles. The first-order chi connectivity index (χ1) is 17.2. The molecule has 196 valence electrons. The third-order valence-electron chi connectivity index (χ3n) is 6.54. The summed E-state index contributed by atoms with van der Waals surface area (Å²) in [5, 5.41) is 72.1. The molecule has 3 aliphatic rings. The molecule has 13 heteroatoms. The summed E-state index contributed by atoms with van der Waals surface area (Å²) in [5.41, 5.74) is 0.514. The summed E-state index contributed by atoms with van der Waals surface area (Å²) in [6.45, 7) is -0.726. The van der Waals surface area contributed by atoms with Gasteiger partial charge in [0.1, 0.15) is 66.4 Å². The Morgan fingerprint density at radius 2 is 1.69 bits per heavy atom. The number of aliphatic hydroxyl groups is 6. The van der Waals surface area contributed by atoms with Gasteiger partial charge in [0.2, 0.25) is 6.29 Å². The van der Waals surface area contributed by atoms with E-state index in [-0.39, 0.29) is 35.7 Å². The number of phenolic OH excluding ortho intramolecular Hbond substituents is 1. The van der Waals surface area contributed by atoms with Crippen LogP contribution in [0.25, 0.3) is 10.8 Å². The molecule has 3 heterocycles. The number of benzene rings is 2. The molecule has 0 spiro atoms. The number of hydrogen-bond donors (Lipinski definition) is 7. The van der Waals surface area contributed by atoms with E-state index in [1.807, 2.05) is 0 Å². The van der Waals surface area contributed by atoms with Gasteiger partial charge in [-0.05, 0) is 17.5 Å². The van der Waals surface area contributed by atoms with Crippen LogP contribution in [0.2, 0.25) is 0 Å². The highest BCUT2D eigenvalue weighted by Crippen LogP contribution is 2.41. The van der Waals surface area contributed by atoms with E-state index in [2.05, 4.69) is 0 Å². The standard InChI is InChI=1S/C23H26O13/c24-10-6-33-22(19(29)15(10)25)34-7-12-16(26)18(28)20(30)23(36-12)35-11-3-1-2-8-4-9-5-32-21(31)14(9)17(27)13(8)11/h1-4,10,12,15-16,18-20,22-30H,5-7H2/t10-,12-,15-,16-,18-,19+,20-,22-,23-/m0/s1. The third kappa shape index (κ3) is 4.28. The van der Waals surface area contributed by atoms with Crippen LogP contribution in [0.15, 0.2) is 24.3 Å². The van der Waals surface area contributed by atoms with Crippen LogP contribution in [0.5, 0.6) is 11.5 Å². The highest BCUT2D eigenvalue weighted by atomic mass is 16.7. The molecule has 36 heavy (non-hydrogen) atoms. The van der Waals surface area contributed by atoms with E-state index in [4.69, 9.17) is 23.7 Å². The summed E-state index contributed by atoms with van der Waals surface area (Å²) in [7, 11) is 0. The fourth-order valence-electron chi connectivity index (χ4n) is 4.51. The first kappa shape index (κ1) is 25.1. The Morgan fingerprint density at radius 1 is 0.944 bits per heavy atom. The van der Waals surface area contributed by atoms with Crippen LogP contribution in [0.3, 0.4) is 0 Å². The molecular formula is C23H26O13. The Morgan fingerprint density at radius 3 is 2.47 bits per heavy atom. The minimum absolute atomic E-state index is 0.00346. The molecule has 0 radical (unpaired) electrons. The Bertz CT molecular complexity index is 1140. The number of esters is 1. The van der Waals surface area contributed by atoms with Crippen molar-refractivity contribution in [2.45, 2.75) is 61.9 Å². The van der Waals surface area contributed by atoms with Crippen molar-refractivity contribution in [2.24, 2.45) is 0 Å². The lowest BCUT2D eigenvalue weighted by molar-refractivity contribution is -0.307. The fraction of sp³-hybridized carbons (Fsp3) is 0.522. The van der Waals surface area contributed by atoms with E-state index in [0.29, 0.717) is 10.9 Å². The number of carbonyl (C=O) groups is 1. The minimum atomic E-state index is -1.72. The number of fused-ring (bicyclic) bond motifs is 2. The molecule has 9 atom stereocenters. The SMILES string of the molecule is O=C1OCc2cc3cccc(O[C@H]4O[C@@H](CO[C@@H]5OC[C@H](O)[C@H](O)[C@H]5O)[C@H](O)[C@H](O)[C@@H]4O)c3c(O)c21. The number of hydrogen-bond acceptors (Lipinski definition) is 13. The van der Waals surface area contributed by atoms with Crippen molar-refractivity contribution in [3.63, 3.8) is 0 Å². The zero-order valence-electron chi connectivity index (χ0n) is 18.7. The number of aromatic hydroxyl groups is 1. The largest absolute Gasteiger partial charge is 0.506 e. The maximum atomic E-state index is 12.0. The van der Waals surface area contributed by atoms with Crippen molar-refractivity contribution in [2.75, 3.05) is 13.2 Å². The Hall–Kier alpha value is -2.59. The second-order valence-electron chi connectivity index (χ2n) is 8.91. The maximum Gasteiger partial charge on any atom is 0.342 e. The molecule has 2 fully saturated rings. The lowest BCUT2D eigenvalue weighted by Gasteiger charge is -2.41. The normalized spacial score (nSPS) is 36.5. The van der Waals surface area contributed by atoms with Gasteiger partial charge in [0, 0.05) is 5.56 Å².